The number of nitrogens with one attached hydrogen (secondary N) is 1. The van der Waals surface area contributed by atoms with E-state index in [9.17, 15) is 9.18 Å². The summed E-state index contributed by atoms with van der Waals surface area (Å²) >= 11 is 1.28. The molecule has 0 saturated carbocycles. The predicted molar refractivity (Wildman–Crippen MR) is 96.6 cm³/mol. The van der Waals surface area contributed by atoms with Crippen LogP contribution in [0.25, 0.3) is 5.69 Å². The van der Waals surface area contributed by atoms with Gasteiger partial charge in [0, 0.05) is 11.4 Å². The first-order valence-corrected chi connectivity index (χ1v) is 8.69. The number of rotatable bonds is 5. The summed E-state index contributed by atoms with van der Waals surface area (Å²) in [6, 6.07) is 14.0. The number of hydrogen-bond acceptors (Lipinski definition) is 4. The summed E-state index contributed by atoms with van der Waals surface area (Å²) in [5.41, 5.74) is 2.23. The molecule has 0 fully saturated rings. The highest BCUT2D eigenvalue weighted by atomic mass is 32.2. The van der Waals surface area contributed by atoms with Crippen molar-refractivity contribution < 1.29 is 9.18 Å². The van der Waals surface area contributed by atoms with E-state index in [4.69, 9.17) is 0 Å². The van der Waals surface area contributed by atoms with Crippen LogP contribution in [0.3, 0.4) is 0 Å². The Kier molecular flexibility index (Phi) is 5.14. The van der Waals surface area contributed by atoms with E-state index in [1.54, 1.807) is 6.07 Å². The molecule has 0 saturated heterocycles. The van der Waals surface area contributed by atoms with Gasteiger partial charge in [0.1, 0.15) is 11.6 Å². The molecule has 2 aromatic carbocycles. The Hall–Kier alpha value is -2.67. The number of aromatic nitrogens is 3. The Morgan fingerprint density at radius 3 is 2.68 bits per heavy atom. The highest BCUT2D eigenvalue weighted by Crippen LogP contribution is 2.22. The summed E-state index contributed by atoms with van der Waals surface area (Å²) in [5.74, 6) is 0.294. The Morgan fingerprint density at radius 1 is 1.16 bits per heavy atom. The van der Waals surface area contributed by atoms with Gasteiger partial charge in [-0.3, -0.25) is 9.36 Å². The topological polar surface area (TPSA) is 59.8 Å². The van der Waals surface area contributed by atoms with Gasteiger partial charge in [-0.15, -0.1) is 10.2 Å². The third-order valence-electron chi connectivity index (χ3n) is 3.62. The lowest BCUT2D eigenvalue weighted by Crippen LogP contribution is -2.15. The monoisotopic (exact) mass is 356 g/mol. The standard InChI is InChI=1S/C18H17FN4OS/c1-12-8-9-14(19)10-16(12)20-17(24)11-25-18-22-21-13(2)23(18)15-6-4-3-5-7-15/h3-10H,11H2,1-2H3,(H,20,24). The molecule has 0 atom stereocenters. The number of carbonyl (C=O) groups is 1. The van der Waals surface area contributed by atoms with Gasteiger partial charge in [-0.05, 0) is 43.7 Å². The Balaban J connectivity index is 1.70. The number of para-hydroxylation sites is 1. The maximum atomic E-state index is 13.3. The second-order valence-electron chi connectivity index (χ2n) is 5.50. The van der Waals surface area contributed by atoms with Crippen LogP contribution in [0.5, 0.6) is 0 Å². The van der Waals surface area contributed by atoms with Crippen molar-refractivity contribution in [3.05, 3.63) is 65.7 Å². The number of hydrogen-bond donors (Lipinski definition) is 1. The number of nitrogens with zero attached hydrogens (tertiary/aromatic N) is 3. The van der Waals surface area contributed by atoms with Crippen molar-refractivity contribution in [1.82, 2.24) is 14.8 Å². The first-order valence-electron chi connectivity index (χ1n) is 7.71. The third-order valence-corrected chi connectivity index (χ3v) is 4.54. The minimum absolute atomic E-state index is 0.154. The first-order chi connectivity index (χ1) is 12.0. The molecule has 3 aromatic rings. The van der Waals surface area contributed by atoms with Crippen LogP contribution in [0.15, 0.2) is 53.7 Å². The normalized spacial score (nSPS) is 10.7. The number of aryl methyl sites for hydroxylation is 2. The lowest BCUT2D eigenvalue weighted by Gasteiger charge is -2.10. The Bertz CT molecular complexity index is 895. The number of thioether (sulfide) groups is 1. The van der Waals surface area contributed by atoms with Crippen LogP contribution >= 0.6 is 11.8 Å². The molecule has 1 aromatic heterocycles. The molecule has 1 heterocycles. The fourth-order valence-corrected chi connectivity index (χ4v) is 3.15. The van der Waals surface area contributed by atoms with E-state index in [0.717, 1.165) is 17.1 Å². The molecule has 0 radical (unpaired) electrons. The molecular weight excluding hydrogens is 339 g/mol. The number of anilines is 1. The van der Waals surface area contributed by atoms with Crippen LogP contribution < -0.4 is 5.32 Å². The van der Waals surface area contributed by atoms with Gasteiger partial charge >= 0.3 is 0 Å². The van der Waals surface area contributed by atoms with E-state index >= 15 is 0 Å². The Morgan fingerprint density at radius 2 is 1.92 bits per heavy atom. The maximum Gasteiger partial charge on any atom is 0.234 e. The van der Waals surface area contributed by atoms with Gasteiger partial charge in [-0.1, -0.05) is 36.0 Å². The lowest BCUT2D eigenvalue weighted by molar-refractivity contribution is -0.113. The zero-order valence-electron chi connectivity index (χ0n) is 13.9. The van der Waals surface area contributed by atoms with E-state index in [0.29, 0.717) is 10.8 Å². The number of carbonyl (C=O) groups excluding carboxylic acids is 1. The molecule has 128 valence electrons. The summed E-state index contributed by atoms with van der Waals surface area (Å²) < 4.78 is 15.2. The average Bonchev–Trinajstić information content (AvgIpc) is 2.98. The zero-order valence-corrected chi connectivity index (χ0v) is 14.7. The molecule has 1 amide bonds. The first kappa shape index (κ1) is 17.2. The van der Waals surface area contributed by atoms with Crippen LogP contribution in [0.1, 0.15) is 11.4 Å². The second kappa shape index (κ2) is 7.48. The van der Waals surface area contributed by atoms with Gasteiger partial charge in [0.05, 0.1) is 5.75 Å². The second-order valence-corrected chi connectivity index (χ2v) is 6.44. The highest BCUT2D eigenvalue weighted by molar-refractivity contribution is 7.99. The van der Waals surface area contributed by atoms with Crippen molar-refractivity contribution in [2.24, 2.45) is 0 Å². The quantitative estimate of drug-likeness (QED) is 0.707. The summed E-state index contributed by atoms with van der Waals surface area (Å²) in [6.07, 6.45) is 0. The minimum atomic E-state index is -0.381. The molecule has 1 N–H and O–H groups in total. The molecule has 25 heavy (non-hydrogen) atoms. The van der Waals surface area contributed by atoms with Crippen LogP contribution in [-0.2, 0) is 4.79 Å². The molecule has 0 aliphatic rings. The van der Waals surface area contributed by atoms with Crippen molar-refractivity contribution in [1.29, 1.82) is 0 Å². The van der Waals surface area contributed by atoms with Gasteiger partial charge in [0.15, 0.2) is 5.16 Å². The van der Waals surface area contributed by atoms with Gasteiger partial charge < -0.3 is 5.32 Å². The van der Waals surface area contributed by atoms with Crippen molar-refractivity contribution in [2.45, 2.75) is 19.0 Å². The molecule has 0 aliphatic carbocycles. The highest BCUT2D eigenvalue weighted by Gasteiger charge is 2.14. The fourth-order valence-electron chi connectivity index (χ4n) is 2.36. The molecule has 0 bridgehead atoms. The minimum Gasteiger partial charge on any atom is -0.325 e. The van der Waals surface area contributed by atoms with Gasteiger partial charge in [0.25, 0.3) is 0 Å². The summed E-state index contributed by atoms with van der Waals surface area (Å²) in [6.45, 7) is 3.68. The molecule has 0 aliphatic heterocycles. The van der Waals surface area contributed by atoms with Gasteiger partial charge in [-0.25, -0.2) is 4.39 Å². The molecule has 0 spiro atoms. The predicted octanol–water partition coefficient (Wildman–Crippen LogP) is 3.75. The molecule has 3 rings (SSSR count). The SMILES string of the molecule is Cc1ccc(F)cc1NC(=O)CSc1nnc(C)n1-c1ccccc1. The van der Waals surface area contributed by atoms with Crippen LogP contribution in [-0.4, -0.2) is 26.4 Å². The summed E-state index contributed by atoms with van der Waals surface area (Å²) in [4.78, 5) is 12.2. The third kappa shape index (κ3) is 4.06. The van der Waals surface area contributed by atoms with Crippen molar-refractivity contribution in [2.75, 3.05) is 11.1 Å². The lowest BCUT2D eigenvalue weighted by atomic mass is 10.2. The fraction of sp³-hybridized carbons (Fsp3) is 0.167. The van der Waals surface area contributed by atoms with E-state index in [1.165, 1.54) is 23.9 Å². The summed E-state index contributed by atoms with van der Waals surface area (Å²) in [5, 5.41) is 11.6. The van der Waals surface area contributed by atoms with E-state index < -0.39 is 0 Å². The van der Waals surface area contributed by atoms with E-state index in [-0.39, 0.29) is 17.5 Å². The summed E-state index contributed by atoms with van der Waals surface area (Å²) in [7, 11) is 0. The van der Waals surface area contributed by atoms with Crippen LogP contribution in [0.4, 0.5) is 10.1 Å². The largest absolute Gasteiger partial charge is 0.325 e. The van der Waals surface area contributed by atoms with Crippen molar-refractivity contribution >= 4 is 23.4 Å². The Labute approximate surface area is 149 Å². The van der Waals surface area contributed by atoms with Crippen LogP contribution in [0, 0.1) is 19.7 Å². The van der Waals surface area contributed by atoms with E-state index in [1.807, 2.05) is 48.7 Å². The van der Waals surface area contributed by atoms with Gasteiger partial charge in [0.2, 0.25) is 5.91 Å². The smallest absolute Gasteiger partial charge is 0.234 e. The van der Waals surface area contributed by atoms with E-state index in [2.05, 4.69) is 15.5 Å². The van der Waals surface area contributed by atoms with Crippen molar-refractivity contribution in [3.8, 4) is 5.69 Å². The number of amides is 1. The number of halogens is 1. The zero-order chi connectivity index (χ0) is 17.8. The average molecular weight is 356 g/mol. The van der Waals surface area contributed by atoms with Gasteiger partial charge in [-0.2, -0.15) is 0 Å². The molecule has 5 nitrogen and oxygen atoms in total. The van der Waals surface area contributed by atoms with Crippen molar-refractivity contribution in [3.63, 3.8) is 0 Å². The molecule has 7 heteroatoms. The molecule has 0 unspecified atom stereocenters. The number of benzene rings is 2. The maximum absolute atomic E-state index is 13.3. The molecular formula is C18H17FN4OS. The van der Waals surface area contributed by atoms with Crippen LogP contribution in [0.2, 0.25) is 0 Å².